The van der Waals surface area contributed by atoms with Crippen LogP contribution in [0.3, 0.4) is 0 Å². The van der Waals surface area contributed by atoms with Crippen molar-refractivity contribution in [1.29, 1.82) is 0 Å². The van der Waals surface area contributed by atoms with E-state index in [2.05, 4.69) is 11.6 Å². The largest absolute Gasteiger partial charge is 0.240 e. The van der Waals surface area contributed by atoms with Crippen LogP contribution >= 0.6 is 0 Å². The molecular weight excluding hydrogens is 222 g/mol. The van der Waals surface area contributed by atoms with Gasteiger partial charge in [0.25, 0.3) is 0 Å². The summed E-state index contributed by atoms with van der Waals surface area (Å²) in [5.41, 5.74) is 0. The Morgan fingerprint density at radius 2 is 1.88 bits per heavy atom. The quantitative estimate of drug-likeness (QED) is 0.832. The summed E-state index contributed by atoms with van der Waals surface area (Å²) in [6.07, 6.45) is 3.00. The molecule has 4 heteroatoms. The van der Waals surface area contributed by atoms with Gasteiger partial charge in [-0.15, -0.1) is 0 Å². The van der Waals surface area contributed by atoms with Gasteiger partial charge >= 0.3 is 0 Å². The van der Waals surface area contributed by atoms with Crippen LogP contribution in [-0.4, -0.2) is 14.5 Å². The highest BCUT2D eigenvalue weighted by molar-refractivity contribution is 7.89. The Morgan fingerprint density at radius 1 is 1.25 bits per heavy atom. The molecule has 1 atom stereocenters. The van der Waals surface area contributed by atoms with Gasteiger partial charge in [-0.25, -0.2) is 13.1 Å². The lowest BCUT2D eigenvalue weighted by molar-refractivity contribution is 0.534. The minimum Gasteiger partial charge on any atom is -0.208 e. The Bertz CT molecular complexity index is 400. The fourth-order valence-electron chi connectivity index (χ4n) is 1.50. The van der Waals surface area contributed by atoms with E-state index in [1.807, 2.05) is 6.92 Å². The molecule has 1 rings (SSSR count). The molecule has 0 spiro atoms. The van der Waals surface area contributed by atoms with Gasteiger partial charge in [0.1, 0.15) is 0 Å². The Labute approximate surface area is 97.9 Å². The molecule has 0 radical (unpaired) electrons. The average Bonchev–Trinajstić information content (AvgIpc) is 2.27. The normalized spacial score (nSPS) is 13.6. The molecule has 3 nitrogen and oxygen atoms in total. The Morgan fingerprint density at radius 3 is 2.44 bits per heavy atom. The Kier molecular flexibility index (Phi) is 4.96. The summed E-state index contributed by atoms with van der Waals surface area (Å²) in [6, 6.07) is 8.46. The third kappa shape index (κ3) is 3.94. The highest BCUT2D eigenvalue weighted by Gasteiger charge is 2.15. The van der Waals surface area contributed by atoms with Crippen molar-refractivity contribution in [3.8, 4) is 0 Å². The second kappa shape index (κ2) is 6.01. The summed E-state index contributed by atoms with van der Waals surface area (Å²) in [5.74, 6) is 0. The first-order chi connectivity index (χ1) is 7.56. The van der Waals surface area contributed by atoms with Crippen molar-refractivity contribution >= 4 is 10.0 Å². The van der Waals surface area contributed by atoms with Crippen LogP contribution in [0.4, 0.5) is 0 Å². The Balaban J connectivity index is 2.66. The van der Waals surface area contributed by atoms with E-state index in [1.165, 1.54) is 0 Å². The summed E-state index contributed by atoms with van der Waals surface area (Å²) >= 11 is 0. The molecule has 0 saturated carbocycles. The summed E-state index contributed by atoms with van der Waals surface area (Å²) < 4.78 is 26.5. The number of benzene rings is 1. The van der Waals surface area contributed by atoms with Crippen molar-refractivity contribution in [1.82, 2.24) is 4.72 Å². The number of hydrogen-bond donors (Lipinski definition) is 1. The predicted octanol–water partition coefficient (Wildman–Crippen LogP) is 2.54. The van der Waals surface area contributed by atoms with Crippen molar-refractivity contribution in [2.24, 2.45) is 0 Å². The highest BCUT2D eigenvalue weighted by atomic mass is 32.2. The van der Waals surface area contributed by atoms with E-state index in [0.29, 0.717) is 4.90 Å². The smallest absolute Gasteiger partial charge is 0.208 e. The van der Waals surface area contributed by atoms with Crippen LogP contribution in [0.15, 0.2) is 35.2 Å². The van der Waals surface area contributed by atoms with Gasteiger partial charge in [0.05, 0.1) is 4.90 Å². The minimum atomic E-state index is -3.34. The van der Waals surface area contributed by atoms with E-state index >= 15 is 0 Å². The molecule has 1 N–H and O–H groups in total. The van der Waals surface area contributed by atoms with Crippen molar-refractivity contribution in [2.75, 3.05) is 0 Å². The first-order valence-corrected chi connectivity index (χ1v) is 7.12. The first kappa shape index (κ1) is 13.2. The summed E-state index contributed by atoms with van der Waals surface area (Å²) in [4.78, 5) is 0.332. The van der Waals surface area contributed by atoms with Crippen LogP contribution < -0.4 is 4.72 Å². The van der Waals surface area contributed by atoms with Gasteiger partial charge in [-0.3, -0.25) is 0 Å². The van der Waals surface area contributed by atoms with Gasteiger partial charge in [0.2, 0.25) is 10.0 Å². The molecule has 0 heterocycles. The van der Waals surface area contributed by atoms with Gasteiger partial charge in [-0.1, -0.05) is 38.0 Å². The SMILES string of the molecule is CCCCC(C)NS(=O)(=O)c1ccccc1. The molecule has 0 aliphatic carbocycles. The molecular formula is C12H19NO2S. The molecule has 0 aromatic heterocycles. The van der Waals surface area contributed by atoms with Crippen LogP contribution in [0.25, 0.3) is 0 Å². The zero-order chi connectivity index (χ0) is 12.0. The molecule has 0 saturated heterocycles. The molecule has 0 aliphatic rings. The van der Waals surface area contributed by atoms with E-state index in [1.54, 1.807) is 30.3 Å². The molecule has 0 amide bonds. The lowest BCUT2D eigenvalue weighted by atomic mass is 10.2. The Hall–Kier alpha value is -0.870. The number of rotatable bonds is 6. The monoisotopic (exact) mass is 241 g/mol. The second-order valence-electron chi connectivity index (χ2n) is 3.98. The van der Waals surface area contributed by atoms with Crippen LogP contribution in [-0.2, 0) is 10.0 Å². The topological polar surface area (TPSA) is 46.2 Å². The van der Waals surface area contributed by atoms with Crippen molar-refractivity contribution in [3.63, 3.8) is 0 Å². The molecule has 0 bridgehead atoms. The van der Waals surface area contributed by atoms with Gasteiger partial charge in [-0.2, -0.15) is 0 Å². The van der Waals surface area contributed by atoms with Crippen molar-refractivity contribution < 1.29 is 8.42 Å². The van der Waals surface area contributed by atoms with E-state index in [4.69, 9.17) is 0 Å². The number of unbranched alkanes of at least 4 members (excludes halogenated alkanes) is 1. The van der Waals surface area contributed by atoms with E-state index < -0.39 is 10.0 Å². The third-order valence-electron chi connectivity index (χ3n) is 2.40. The first-order valence-electron chi connectivity index (χ1n) is 5.63. The van der Waals surface area contributed by atoms with E-state index in [9.17, 15) is 8.42 Å². The molecule has 16 heavy (non-hydrogen) atoms. The number of nitrogens with one attached hydrogen (secondary N) is 1. The maximum absolute atomic E-state index is 11.9. The summed E-state index contributed by atoms with van der Waals surface area (Å²) in [7, 11) is -3.34. The van der Waals surface area contributed by atoms with Gasteiger partial charge in [-0.05, 0) is 25.5 Å². The van der Waals surface area contributed by atoms with Crippen LogP contribution in [0.5, 0.6) is 0 Å². The van der Waals surface area contributed by atoms with Crippen LogP contribution in [0.2, 0.25) is 0 Å². The third-order valence-corrected chi connectivity index (χ3v) is 4.01. The van der Waals surface area contributed by atoms with E-state index in [0.717, 1.165) is 19.3 Å². The average molecular weight is 241 g/mol. The highest BCUT2D eigenvalue weighted by Crippen LogP contribution is 2.09. The number of sulfonamides is 1. The predicted molar refractivity (Wildman–Crippen MR) is 65.8 cm³/mol. The molecule has 1 aromatic rings. The van der Waals surface area contributed by atoms with Crippen LogP contribution in [0, 0.1) is 0 Å². The maximum atomic E-state index is 11.9. The van der Waals surface area contributed by atoms with Crippen LogP contribution in [0.1, 0.15) is 33.1 Å². The fraction of sp³-hybridized carbons (Fsp3) is 0.500. The molecule has 90 valence electrons. The summed E-state index contributed by atoms with van der Waals surface area (Å²) in [5, 5.41) is 0. The molecule has 0 fully saturated rings. The maximum Gasteiger partial charge on any atom is 0.240 e. The van der Waals surface area contributed by atoms with Gasteiger partial charge in [0, 0.05) is 6.04 Å². The fourth-order valence-corrected chi connectivity index (χ4v) is 2.80. The number of hydrogen-bond acceptors (Lipinski definition) is 2. The zero-order valence-corrected chi connectivity index (χ0v) is 10.6. The minimum absolute atomic E-state index is 0.00911. The molecule has 1 unspecified atom stereocenters. The standard InChI is InChI=1S/C12H19NO2S/c1-3-4-8-11(2)13-16(14,15)12-9-6-5-7-10-12/h5-7,9-11,13H,3-4,8H2,1-2H3. The molecule has 0 aliphatic heterocycles. The van der Waals surface area contributed by atoms with Gasteiger partial charge in [0.15, 0.2) is 0 Å². The van der Waals surface area contributed by atoms with E-state index in [-0.39, 0.29) is 6.04 Å². The lowest BCUT2D eigenvalue weighted by Gasteiger charge is -2.13. The zero-order valence-electron chi connectivity index (χ0n) is 9.81. The van der Waals surface area contributed by atoms with Gasteiger partial charge < -0.3 is 0 Å². The lowest BCUT2D eigenvalue weighted by Crippen LogP contribution is -2.32. The van der Waals surface area contributed by atoms with Crippen molar-refractivity contribution in [3.05, 3.63) is 30.3 Å². The molecule has 1 aromatic carbocycles. The summed E-state index contributed by atoms with van der Waals surface area (Å²) in [6.45, 7) is 3.99. The van der Waals surface area contributed by atoms with Crippen molar-refractivity contribution in [2.45, 2.75) is 44.0 Å². The second-order valence-corrected chi connectivity index (χ2v) is 5.69.